The van der Waals surface area contributed by atoms with E-state index in [2.05, 4.69) is 26.6 Å². The van der Waals surface area contributed by atoms with Crippen molar-refractivity contribution in [3.05, 3.63) is 33.8 Å². The van der Waals surface area contributed by atoms with E-state index in [0.717, 1.165) is 41.5 Å². The Morgan fingerprint density at radius 2 is 2.28 bits per heavy atom. The number of carbonyl (C=O) groups excluding carboxylic acids is 1. The Morgan fingerprint density at radius 1 is 1.50 bits per heavy atom. The summed E-state index contributed by atoms with van der Waals surface area (Å²) in [7, 11) is 0. The van der Waals surface area contributed by atoms with Gasteiger partial charge in [0.25, 0.3) is 5.91 Å². The summed E-state index contributed by atoms with van der Waals surface area (Å²) in [5, 5.41) is 6.37. The third kappa shape index (κ3) is 3.97. The molecule has 0 saturated carbocycles. The van der Waals surface area contributed by atoms with Crippen molar-refractivity contribution in [2.75, 3.05) is 13.1 Å². The highest BCUT2D eigenvalue weighted by atomic mass is 79.9. The molecule has 1 fully saturated rings. The van der Waals surface area contributed by atoms with Crippen LogP contribution in [-0.4, -0.2) is 25.0 Å². The van der Waals surface area contributed by atoms with Gasteiger partial charge in [0.05, 0.1) is 0 Å². The Bertz CT molecular complexity index is 419. The van der Waals surface area contributed by atoms with E-state index in [9.17, 15) is 4.79 Å². The van der Waals surface area contributed by atoms with Crippen molar-refractivity contribution in [2.45, 2.75) is 25.8 Å². The van der Waals surface area contributed by atoms with Crippen molar-refractivity contribution >= 4 is 34.2 Å². The van der Waals surface area contributed by atoms with Crippen LogP contribution >= 0.6 is 28.3 Å². The van der Waals surface area contributed by atoms with Gasteiger partial charge < -0.3 is 10.6 Å². The topological polar surface area (TPSA) is 41.1 Å². The molecule has 1 atom stereocenters. The molecule has 0 unspecified atom stereocenters. The first-order valence-electron chi connectivity index (χ1n) is 5.94. The molecule has 1 aliphatic heterocycles. The first kappa shape index (κ1) is 15.5. The number of hydrogen-bond acceptors (Lipinski definition) is 2. The molecule has 3 nitrogen and oxygen atoms in total. The van der Waals surface area contributed by atoms with Crippen molar-refractivity contribution in [3.63, 3.8) is 0 Å². The molecule has 2 N–H and O–H groups in total. The molecule has 1 aromatic rings. The second-order valence-electron chi connectivity index (χ2n) is 4.48. The normalized spacial score (nSPS) is 18.9. The molecule has 1 heterocycles. The van der Waals surface area contributed by atoms with E-state index in [1.54, 1.807) is 0 Å². The van der Waals surface area contributed by atoms with Crippen LogP contribution in [0.25, 0.3) is 0 Å². The van der Waals surface area contributed by atoms with Gasteiger partial charge in [0, 0.05) is 22.6 Å². The minimum atomic E-state index is 0. The first-order chi connectivity index (χ1) is 8.16. The molecule has 0 aliphatic carbocycles. The third-order valence-corrected chi connectivity index (χ3v) is 3.56. The number of nitrogens with one attached hydrogen (secondary N) is 2. The summed E-state index contributed by atoms with van der Waals surface area (Å²) < 4.78 is 1.01. The second kappa shape index (κ2) is 7.12. The predicted octanol–water partition coefficient (Wildman–Crippen LogP) is 2.66. The van der Waals surface area contributed by atoms with E-state index >= 15 is 0 Å². The van der Waals surface area contributed by atoms with Crippen molar-refractivity contribution in [1.29, 1.82) is 0 Å². The molecular weight excluding hydrogens is 316 g/mol. The zero-order valence-electron chi connectivity index (χ0n) is 10.3. The molecule has 18 heavy (non-hydrogen) atoms. The van der Waals surface area contributed by atoms with Gasteiger partial charge in [-0.25, -0.2) is 0 Å². The monoisotopic (exact) mass is 332 g/mol. The number of hydrogen-bond donors (Lipinski definition) is 2. The summed E-state index contributed by atoms with van der Waals surface area (Å²) in [5.74, 6) is 0.0312. The number of rotatable bonds is 2. The van der Waals surface area contributed by atoms with Crippen molar-refractivity contribution < 1.29 is 4.79 Å². The van der Waals surface area contributed by atoms with Crippen LogP contribution in [0.1, 0.15) is 28.8 Å². The van der Waals surface area contributed by atoms with E-state index in [0.29, 0.717) is 0 Å². The molecule has 1 saturated heterocycles. The Labute approximate surface area is 122 Å². The van der Waals surface area contributed by atoms with Crippen LogP contribution in [0, 0.1) is 6.92 Å². The lowest BCUT2D eigenvalue weighted by Gasteiger charge is -2.24. The molecule has 2 rings (SSSR count). The van der Waals surface area contributed by atoms with Crippen LogP contribution in [0.4, 0.5) is 0 Å². The van der Waals surface area contributed by atoms with Gasteiger partial charge in [-0.3, -0.25) is 4.79 Å². The van der Waals surface area contributed by atoms with Crippen LogP contribution in [0.15, 0.2) is 22.7 Å². The minimum absolute atomic E-state index is 0. The standard InChI is InChI=1S/C13H17BrN2O.ClH/c1-9-7-10(14)4-5-12(9)13(17)16-11-3-2-6-15-8-11;/h4-5,7,11,15H,2-3,6,8H2,1H3,(H,16,17);1H/t11-;/m0./s1. The number of piperidine rings is 1. The van der Waals surface area contributed by atoms with Crippen molar-refractivity contribution in [1.82, 2.24) is 10.6 Å². The van der Waals surface area contributed by atoms with E-state index in [-0.39, 0.29) is 24.4 Å². The van der Waals surface area contributed by atoms with E-state index in [1.807, 2.05) is 25.1 Å². The number of halogens is 2. The summed E-state index contributed by atoms with van der Waals surface area (Å²) in [6.45, 7) is 3.89. The van der Waals surface area contributed by atoms with Gasteiger partial charge in [-0.1, -0.05) is 15.9 Å². The molecule has 100 valence electrons. The number of carbonyl (C=O) groups is 1. The lowest BCUT2D eigenvalue weighted by atomic mass is 10.1. The number of amides is 1. The molecule has 1 amide bonds. The summed E-state index contributed by atoms with van der Waals surface area (Å²) in [6.07, 6.45) is 2.19. The van der Waals surface area contributed by atoms with Crippen LogP contribution in [0.2, 0.25) is 0 Å². The van der Waals surface area contributed by atoms with E-state index in [1.165, 1.54) is 0 Å². The molecule has 0 spiro atoms. The Balaban J connectivity index is 0.00000162. The quantitative estimate of drug-likeness (QED) is 0.873. The van der Waals surface area contributed by atoms with E-state index in [4.69, 9.17) is 0 Å². The van der Waals surface area contributed by atoms with Crippen LogP contribution in [0.5, 0.6) is 0 Å². The third-order valence-electron chi connectivity index (χ3n) is 3.07. The van der Waals surface area contributed by atoms with Crippen LogP contribution < -0.4 is 10.6 Å². The Morgan fingerprint density at radius 3 is 2.89 bits per heavy atom. The number of aryl methyl sites for hydroxylation is 1. The molecular formula is C13H18BrClN2O. The maximum atomic E-state index is 12.1. The minimum Gasteiger partial charge on any atom is -0.348 e. The molecule has 5 heteroatoms. The smallest absolute Gasteiger partial charge is 0.251 e. The maximum absolute atomic E-state index is 12.1. The molecule has 0 bridgehead atoms. The molecule has 1 aliphatic rings. The van der Waals surface area contributed by atoms with Crippen molar-refractivity contribution in [2.24, 2.45) is 0 Å². The maximum Gasteiger partial charge on any atom is 0.251 e. The van der Waals surface area contributed by atoms with Gasteiger partial charge in [-0.15, -0.1) is 12.4 Å². The van der Waals surface area contributed by atoms with Gasteiger partial charge in [0.15, 0.2) is 0 Å². The zero-order chi connectivity index (χ0) is 12.3. The van der Waals surface area contributed by atoms with Gasteiger partial charge in [-0.2, -0.15) is 0 Å². The molecule has 1 aromatic carbocycles. The summed E-state index contributed by atoms with van der Waals surface area (Å²) in [4.78, 5) is 12.1. The largest absolute Gasteiger partial charge is 0.348 e. The highest BCUT2D eigenvalue weighted by Gasteiger charge is 2.17. The van der Waals surface area contributed by atoms with E-state index < -0.39 is 0 Å². The van der Waals surface area contributed by atoms with Gasteiger partial charge in [0.1, 0.15) is 0 Å². The molecule has 0 radical (unpaired) electrons. The van der Waals surface area contributed by atoms with Gasteiger partial charge in [0.2, 0.25) is 0 Å². The summed E-state index contributed by atoms with van der Waals surface area (Å²) >= 11 is 3.40. The lowest BCUT2D eigenvalue weighted by molar-refractivity contribution is 0.0930. The predicted molar refractivity (Wildman–Crippen MR) is 79.5 cm³/mol. The summed E-state index contributed by atoms with van der Waals surface area (Å²) in [6, 6.07) is 6.00. The zero-order valence-corrected chi connectivity index (χ0v) is 12.7. The fourth-order valence-corrected chi connectivity index (χ4v) is 2.60. The van der Waals surface area contributed by atoms with Crippen LogP contribution in [-0.2, 0) is 0 Å². The Kier molecular flexibility index (Phi) is 6.12. The fraction of sp³-hybridized carbons (Fsp3) is 0.462. The highest BCUT2D eigenvalue weighted by Crippen LogP contribution is 2.16. The van der Waals surface area contributed by atoms with Gasteiger partial charge in [-0.05, 0) is 50.1 Å². The lowest BCUT2D eigenvalue weighted by Crippen LogP contribution is -2.45. The average Bonchev–Trinajstić information content (AvgIpc) is 2.30. The SMILES string of the molecule is Cc1cc(Br)ccc1C(=O)N[C@H]1CCCNC1.Cl. The van der Waals surface area contributed by atoms with Gasteiger partial charge >= 0.3 is 0 Å². The van der Waals surface area contributed by atoms with Crippen molar-refractivity contribution in [3.8, 4) is 0 Å². The highest BCUT2D eigenvalue weighted by molar-refractivity contribution is 9.10. The number of benzene rings is 1. The van der Waals surface area contributed by atoms with Crippen LogP contribution in [0.3, 0.4) is 0 Å². The fourth-order valence-electron chi connectivity index (χ4n) is 2.12. The summed E-state index contributed by atoms with van der Waals surface area (Å²) in [5.41, 5.74) is 1.76. The second-order valence-corrected chi connectivity index (χ2v) is 5.39. The Hall–Kier alpha value is -0.580. The first-order valence-corrected chi connectivity index (χ1v) is 6.74. The average molecular weight is 334 g/mol. The molecule has 0 aromatic heterocycles.